The van der Waals surface area contributed by atoms with E-state index in [9.17, 15) is 13.2 Å². The molecule has 1 aromatic carbocycles. The van der Waals surface area contributed by atoms with E-state index in [2.05, 4.69) is 5.32 Å². The van der Waals surface area contributed by atoms with Crippen molar-refractivity contribution in [2.75, 3.05) is 6.54 Å². The molecule has 1 N–H and O–H groups in total. The van der Waals surface area contributed by atoms with Crippen LogP contribution in [-0.4, -0.2) is 12.7 Å². The molecular formula is C13H17ClF3N. The van der Waals surface area contributed by atoms with Crippen LogP contribution < -0.4 is 5.32 Å². The van der Waals surface area contributed by atoms with Crippen LogP contribution in [0.5, 0.6) is 0 Å². The van der Waals surface area contributed by atoms with Gasteiger partial charge in [0.2, 0.25) is 0 Å². The van der Waals surface area contributed by atoms with Crippen LogP contribution in [0.3, 0.4) is 0 Å². The number of halogens is 4. The highest BCUT2D eigenvalue weighted by molar-refractivity contribution is 6.30. The van der Waals surface area contributed by atoms with Crippen LogP contribution >= 0.6 is 11.6 Å². The zero-order valence-corrected chi connectivity index (χ0v) is 11.0. The van der Waals surface area contributed by atoms with Crippen LogP contribution in [0.2, 0.25) is 5.02 Å². The quantitative estimate of drug-likeness (QED) is 0.794. The molecule has 1 rings (SSSR count). The van der Waals surface area contributed by atoms with Gasteiger partial charge in [0.05, 0.1) is 0 Å². The molecule has 0 aromatic heterocycles. The number of hydrogen-bond acceptors (Lipinski definition) is 1. The lowest BCUT2D eigenvalue weighted by Gasteiger charge is -2.19. The second kappa shape index (κ2) is 7.00. The third-order valence-electron chi connectivity index (χ3n) is 2.65. The van der Waals surface area contributed by atoms with Crippen molar-refractivity contribution < 1.29 is 13.2 Å². The van der Waals surface area contributed by atoms with E-state index in [1.54, 1.807) is 12.1 Å². The molecule has 18 heavy (non-hydrogen) atoms. The maximum Gasteiger partial charge on any atom is 0.389 e. The Bertz CT molecular complexity index is 365. The molecule has 0 fully saturated rings. The lowest BCUT2D eigenvalue weighted by Crippen LogP contribution is -2.21. The summed E-state index contributed by atoms with van der Waals surface area (Å²) < 4.78 is 36.4. The van der Waals surface area contributed by atoms with Gasteiger partial charge in [-0.2, -0.15) is 13.2 Å². The first kappa shape index (κ1) is 15.3. The summed E-state index contributed by atoms with van der Waals surface area (Å²) in [7, 11) is 0. The van der Waals surface area contributed by atoms with Crippen LogP contribution in [0.4, 0.5) is 13.2 Å². The van der Waals surface area contributed by atoms with Gasteiger partial charge in [-0.3, -0.25) is 0 Å². The second-order valence-corrected chi connectivity index (χ2v) is 4.61. The molecule has 102 valence electrons. The van der Waals surface area contributed by atoms with Crippen molar-refractivity contribution in [3.8, 4) is 0 Å². The summed E-state index contributed by atoms with van der Waals surface area (Å²) in [6.45, 7) is 2.64. The van der Waals surface area contributed by atoms with Gasteiger partial charge in [0.15, 0.2) is 0 Å². The highest BCUT2D eigenvalue weighted by Gasteiger charge is 2.26. The largest absolute Gasteiger partial charge is 0.389 e. The zero-order chi connectivity index (χ0) is 13.6. The Kier molecular flexibility index (Phi) is 5.96. The number of nitrogens with one attached hydrogen (secondary N) is 1. The Labute approximate surface area is 110 Å². The van der Waals surface area contributed by atoms with Crippen LogP contribution in [-0.2, 0) is 0 Å². The molecule has 1 aromatic rings. The fourth-order valence-electron chi connectivity index (χ4n) is 1.86. The predicted octanol–water partition coefficient (Wildman–Crippen LogP) is 4.72. The maximum absolute atomic E-state index is 12.1. The molecule has 0 saturated carbocycles. The minimum absolute atomic E-state index is 0.0731. The van der Waals surface area contributed by atoms with Crippen molar-refractivity contribution in [1.82, 2.24) is 5.32 Å². The van der Waals surface area contributed by atoms with E-state index in [1.165, 1.54) is 0 Å². The van der Waals surface area contributed by atoms with E-state index in [4.69, 9.17) is 11.6 Å². The van der Waals surface area contributed by atoms with E-state index in [-0.39, 0.29) is 12.5 Å². The Balaban J connectivity index is 2.60. The summed E-state index contributed by atoms with van der Waals surface area (Å²) >= 11 is 5.89. The van der Waals surface area contributed by atoms with E-state index in [0.717, 1.165) is 5.56 Å². The lowest BCUT2D eigenvalue weighted by atomic mass is 10.0. The van der Waals surface area contributed by atoms with Gasteiger partial charge in [0.25, 0.3) is 0 Å². The Morgan fingerprint density at radius 2 is 2.06 bits per heavy atom. The third-order valence-corrected chi connectivity index (χ3v) is 2.89. The molecule has 0 saturated heterocycles. The molecule has 0 aliphatic heterocycles. The predicted molar refractivity (Wildman–Crippen MR) is 67.8 cm³/mol. The van der Waals surface area contributed by atoms with Crippen molar-refractivity contribution in [3.63, 3.8) is 0 Å². The maximum atomic E-state index is 12.1. The molecule has 0 aliphatic carbocycles. The van der Waals surface area contributed by atoms with Gasteiger partial charge in [-0.25, -0.2) is 0 Å². The molecule has 0 heterocycles. The van der Waals surface area contributed by atoms with Crippen molar-refractivity contribution >= 4 is 11.6 Å². The Morgan fingerprint density at radius 1 is 1.33 bits per heavy atom. The van der Waals surface area contributed by atoms with Crippen LogP contribution in [0.15, 0.2) is 24.3 Å². The third kappa shape index (κ3) is 5.74. The van der Waals surface area contributed by atoms with Crippen molar-refractivity contribution in [2.24, 2.45) is 0 Å². The second-order valence-electron chi connectivity index (χ2n) is 4.17. The molecule has 1 unspecified atom stereocenters. The van der Waals surface area contributed by atoms with E-state index < -0.39 is 12.6 Å². The summed E-state index contributed by atoms with van der Waals surface area (Å²) in [5.41, 5.74) is 0.937. The highest BCUT2D eigenvalue weighted by Crippen LogP contribution is 2.27. The van der Waals surface area contributed by atoms with Gasteiger partial charge in [0, 0.05) is 17.5 Å². The van der Waals surface area contributed by atoms with E-state index in [1.807, 2.05) is 19.1 Å². The van der Waals surface area contributed by atoms with Crippen LogP contribution in [0.1, 0.15) is 37.8 Å². The highest BCUT2D eigenvalue weighted by atomic mass is 35.5. The van der Waals surface area contributed by atoms with Gasteiger partial charge in [-0.1, -0.05) is 30.7 Å². The van der Waals surface area contributed by atoms with Gasteiger partial charge in [-0.05, 0) is 37.1 Å². The van der Waals surface area contributed by atoms with Gasteiger partial charge < -0.3 is 5.32 Å². The zero-order valence-electron chi connectivity index (χ0n) is 10.2. The van der Waals surface area contributed by atoms with Gasteiger partial charge in [0.1, 0.15) is 0 Å². The molecule has 0 bridgehead atoms. The topological polar surface area (TPSA) is 12.0 Å². The number of benzene rings is 1. The fraction of sp³-hybridized carbons (Fsp3) is 0.538. The minimum atomic E-state index is -4.08. The summed E-state index contributed by atoms with van der Waals surface area (Å²) in [4.78, 5) is 0. The molecular weight excluding hydrogens is 263 g/mol. The first-order valence-corrected chi connectivity index (χ1v) is 6.36. The monoisotopic (exact) mass is 279 g/mol. The van der Waals surface area contributed by atoms with Crippen LogP contribution in [0, 0.1) is 0 Å². The summed E-state index contributed by atoms with van der Waals surface area (Å²) in [5.74, 6) is 0. The first-order valence-electron chi connectivity index (χ1n) is 5.98. The molecule has 0 aliphatic rings. The Hall–Kier alpha value is -0.740. The minimum Gasteiger partial charge on any atom is -0.310 e. The first-order chi connectivity index (χ1) is 8.42. The number of hydrogen-bond donors (Lipinski definition) is 1. The van der Waals surface area contributed by atoms with Crippen molar-refractivity contribution in [3.05, 3.63) is 34.9 Å². The average molecular weight is 280 g/mol. The number of rotatable bonds is 6. The summed E-state index contributed by atoms with van der Waals surface area (Å²) in [6.07, 6.45) is -4.25. The normalized spacial score (nSPS) is 13.6. The lowest BCUT2D eigenvalue weighted by molar-refractivity contribution is -0.135. The fourth-order valence-corrected chi connectivity index (χ4v) is 2.06. The van der Waals surface area contributed by atoms with Crippen LogP contribution in [0.25, 0.3) is 0 Å². The summed E-state index contributed by atoms with van der Waals surface area (Å²) in [5, 5.41) is 3.79. The van der Waals surface area contributed by atoms with E-state index in [0.29, 0.717) is 18.0 Å². The van der Waals surface area contributed by atoms with Crippen molar-refractivity contribution in [1.29, 1.82) is 0 Å². The number of alkyl halides is 3. The smallest absolute Gasteiger partial charge is 0.310 e. The average Bonchev–Trinajstić information content (AvgIpc) is 2.26. The molecule has 1 nitrogen and oxygen atoms in total. The molecule has 0 radical (unpaired) electrons. The SMILES string of the molecule is CCNC(CCCC(F)(F)F)c1cccc(Cl)c1. The van der Waals surface area contributed by atoms with Gasteiger partial charge in [-0.15, -0.1) is 0 Å². The summed E-state index contributed by atoms with van der Waals surface area (Å²) in [6, 6.07) is 7.17. The Morgan fingerprint density at radius 3 is 2.61 bits per heavy atom. The van der Waals surface area contributed by atoms with E-state index >= 15 is 0 Å². The van der Waals surface area contributed by atoms with Gasteiger partial charge >= 0.3 is 6.18 Å². The standard InChI is InChI=1S/C13H17ClF3N/c1-2-18-12(7-4-8-13(15,16)17)10-5-3-6-11(14)9-10/h3,5-6,9,12,18H,2,4,7-8H2,1H3. The molecule has 0 spiro atoms. The molecule has 5 heteroatoms. The van der Waals surface area contributed by atoms with Crippen molar-refractivity contribution in [2.45, 2.75) is 38.4 Å². The molecule has 0 amide bonds. The molecule has 1 atom stereocenters.